The number of hydrogen-bond acceptors (Lipinski definition) is 3. The van der Waals surface area contributed by atoms with Gasteiger partial charge in [0.25, 0.3) is 5.56 Å². The number of hydrogen-bond donors (Lipinski definition) is 2. The maximum Gasteiger partial charge on any atom is 0.352 e. The molecule has 1 spiro atoms. The van der Waals surface area contributed by atoms with Gasteiger partial charge in [-0.25, -0.2) is 4.79 Å². The van der Waals surface area contributed by atoms with Gasteiger partial charge in [-0.2, -0.15) is 0 Å². The number of pyridine rings is 1. The Balaban J connectivity index is 1.73. The summed E-state index contributed by atoms with van der Waals surface area (Å²) in [6.07, 6.45) is 2.38. The topological polar surface area (TPSA) is 95.4 Å². The van der Waals surface area contributed by atoms with E-state index in [0.717, 1.165) is 16.8 Å². The Morgan fingerprint density at radius 3 is 2.74 bits per heavy atom. The summed E-state index contributed by atoms with van der Waals surface area (Å²) >= 11 is 0. The molecule has 7 nitrogen and oxygen atoms in total. The van der Waals surface area contributed by atoms with Crippen molar-refractivity contribution >= 4 is 28.5 Å². The maximum absolute atomic E-state index is 13.1. The first-order valence-electron chi connectivity index (χ1n) is 8.69. The molecule has 0 saturated heterocycles. The van der Waals surface area contributed by atoms with Gasteiger partial charge in [0.2, 0.25) is 5.91 Å². The van der Waals surface area contributed by atoms with Crippen LogP contribution in [0.3, 0.4) is 0 Å². The molecule has 2 atom stereocenters. The monoisotopic (exact) mass is 363 g/mol. The predicted molar refractivity (Wildman–Crippen MR) is 99.4 cm³/mol. The molecule has 2 aromatic heterocycles. The summed E-state index contributed by atoms with van der Waals surface area (Å²) in [7, 11) is 3.42. The summed E-state index contributed by atoms with van der Waals surface area (Å²) < 4.78 is 1.45. The van der Waals surface area contributed by atoms with Crippen molar-refractivity contribution in [2.24, 2.45) is 7.05 Å². The molecule has 3 heterocycles. The van der Waals surface area contributed by atoms with Crippen LogP contribution in [-0.4, -0.2) is 33.6 Å². The number of rotatable bonds is 2. The van der Waals surface area contributed by atoms with E-state index >= 15 is 0 Å². The van der Waals surface area contributed by atoms with Crippen molar-refractivity contribution in [2.45, 2.75) is 17.8 Å². The lowest BCUT2D eigenvalue weighted by molar-refractivity contribution is -0.120. The van der Waals surface area contributed by atoms with Crippen molar-refractivity contribution in [3.05, 3.63) is 63.7 Å². The summed E-state index contributed by atoms with van der Waals surface area (Å²) in [5.41, 5.74) is 2.06. The molecule has 2 N–H and O–H groups in total. The summed E-state index contributed by atoms with van der Waals surface area (Å²) in [5, 5.41) is 9.88. The number of carboxylic acids is 1. The minimum atomic E-state index is -1.12. The molecule has 1 amide bonds. The average molecular weight is 363 g/mol. The first-order chi connectivity index (χ1) is 12.9. The third-order valence-corrected chi connectivity index (χ3v) is 5.99. The highest BCUT2D eigenvalue weighted by Gasteiger charge is 2.67. The van der Waals surface area contributed by atoms with Crippen LogP contribution < -0.4 is 10.5 Å². The molecule has 1 aliphatic heterocycles. The number of nitrogens with zero attached hydrogens (tertiary/aromatic N) is 2. The van der Waals surface area contributed by atoms with Crippen molar-refractivity contribution in [3.8, 4) is 0 Å². The number of carbonyl (C=O) groups is 2. The number of anilines is 1. The molecule has 5 rings (SSSR count). The molecule has 0 bridgehead atoms. The third kappa shape index (κ3) is 1.83. The van der Waals surface area contributed by atoms with Gasteiger partial charge in [0, 0.05) is 37.3 Å². The van der Waals surface area contributed by atoms with E-state index in [1.807, 2.05) is 24.3 Å². The molecule has 3 aromatic rings. The lowest BCUT2D eigenvalue weighted by Crippen LogP contribution is -2.29. The molecule has 1 aliphatic carbocycles. The Bertz CT molecular complexity index is 1220. The second kappa shape index (κ2) is 4.88. The Hall–Kier alpha value is -3.35. The van der Waals surface area contributed by atoms with Crippen LogP contribution in [0.15, 0.2) is 41.3 Å². The van der Waals surface area contributed by atoms with E-state index in [9.17, 15) is 19.5 Å². The van der Waals surface area contributed by atoms with Gasteiger partial charge in [0.1, 0.15) is 11.2 Å². The van der Waals surface area contributed by atoms with Gasteiger partial charge in [0.15, 0.2) is 0 Å². The number of benzene rings is 1. The molecule has 0 unspecified atom stereocenters. The predicted octanol–water partition coefficient (Wildman–Crippen LogP) is 1.97. The van der Waals surface area contributed by atoms with E-state index in [1.54, 1.807) is 25.2 Å². The number of carbonyl (C=O) groups excluding carboxylic acids is 1. The number of para-hydroxylation sites is 1. The number of aromatic carboxylic acids is 1. The van der Waals surface area contributed by atoms with Gasteiger partial charge in [0.05, 0.1) is 5.41 Å². The standard InChI is InChI=1S/C20H17N3O4/c1-22-9-11(10-7-14(18(25)26)21-16(10)17(22)24)13-8-20(13)12-5-3-4-6-15(12)23(2)19(20)27/h3-7,9,13,21H,8H2,1-2H3,(H,25,26)/t13-,20-/m0/s1. The van der Waals surface area contributed by atoms with Crippen LogP contribution in [0.4, 0.5) is 5.69 Å². The van der Waals surface area contributed by atoms with Gasteiger partial charge in [-0.05, 0) is 29.7 Å². The van der Waals surface area contributed by atoms with Gasteiger partial charge in [-0.15, -0.1) is 0 Å². The molecule has 1 aromatic carbocycles. The number of carboxylic acid groups (broad SMARTS) is 1. The summed E-state index contributed by atoms with van der Waals surface area (Å²) in [4.78, 5) is 41.3. The van der Waals surface area contributed by atoms with Crippen LogP contribution >= 0.6 is 0 Å². The van der Waals surface area contributed by atoms with Gasteiger partial charge in [-0.1, -0.05) is 18.2 Å². The smallest absolute Gasteiger partial charge is 0.352 e. The molecular formula is C20H17N3O4. The van der Waals surface area contributed by atoms with Gasteiger partial charge < -0.3 is 19.6 Å². The second-order valence-electron chi connectivity index (χ2n) is 7.39. The number of amides is 1. The first kappa shape index (κ1) is 15.9. The second-order valence-corrected chi connectivity index (χ2v) is 7.39. The minimum absolute atomic E-state index is 0.0282. The summed E-state index contributed by atoms with van der Waals surface area (Å²) in [6.45, 7) is 0. The van der Waals surface area contributed by atoms with Crippen LogP contribution in [0.1, 0.15) is 34.0 Å². The zero-order valence-electron chi connectivity index (χ0n) is 14.8. The minimum Gasteiger partial charge on any atom is -0.477 e. The maximum atomic E-state index is 13.1. The highest BCUT2D eigenvalue weighted by Crippen LogP contribution is 2.66. The van der Waals surface area contributed by atoms with E-state index in [2.05, 4.69) is 4.98 Å². The zero-order chi connectivity index (χ0) is 19.1. The van der Waals surface area contributed by atoms with Gasteiger partial charge in [-0.3, -0.25) is 9.59 Å². The Labute approximate surface area is 153 Å². The average Bonchev–Trinajstić information content (AvgIpc) is 3.17. The number of aryl methyl sites for hydroxylation is 1. The van der Waals surface area contributed by atoms with E-state index in [1.165, 1.54) is 10.6 Å². The molecular weight excluding hydrogens is 346 g/mol. The fourth-order valence-corrected chi connectivity index (χ4v) is 4.60. The molecule has 136 valence electrons. The fourth-order valence-electron chi connectivity index (χ4n) is 4.60. The quantitative estimate of drug-likeness (QED) is 0.728. The molecule has 27 heavy (non-hydrogen) atoms. The fraction of sp³-hybridized carbons (Fsp3) is 0.250. The van der Waals surface area contributed by atoms with Crippen LogP contribution in [-0.2, 0) is 17.3 Å². The Morgan fingerprint density at radius 2 is 2.00 bits per heavy atom. The SMILES string of the molecule is CN1C(=O)[C@@]2(C[C@H]2c2cn(C)c(=O)c3[nH]c(C(=O)O)cc23)c2ccccc21. The summed E-state index contributed by atoms with van der Waals surface area (Å²) in [6, 6.07) is 9.25. The van der Waals surface area contributed by atoms with Crippen molar-refractivity contribution in [2.75, 3.05) is 11.9 Å². The molecule has 2 aliphatic rings. The highest BCUT2D eigenvalue weighted by atomic mass is 16.4. The lowest BCUT2D eigenvalue weighted by atomic mass is 9.91. The van der Waals surface area contributed by atoms with E-state index < -0.39 is 11.4 Å². The lowest BCUT2D eigenvalue weighted by Gasteiger charge is -2.12. The number of aromatic nitrogens is 2. The molecule has 1 fully saturated rings. The highest BCUT2D eigenvalue weighted by molar-refractivity contribution is 6.11. The molecule has 0 radical (unpaired) electrons. The number of likely N-dealkylation sites (N-methyl/N-ethyl adjacent to an activating group) is 1. The van der Waals surface area contributed by atoms with Crippen molar-refractivity contribution < 1.29 is 14.7 Å². The van der Waals surface area contributed by atoms with Crippen LogP contribution in [0, 0.1) is 0 Å². The normalized spacial score (nSPS) is 23.3. The van der Waals surface area contributed by atoms with Crippen LogP contribution in [0.2, 0.25) is 0 Å². The van der Waals surface area contributed by atoms with Crippen molar-refractivity contribution in [3.63, 3.8) is 0 Å². The number of nitrogens with one attached hydrogen (secondary N) is 1. The van der Waals surface area contributed by atoms with E-state index in [0.29, 0.717) is 11.8 Å². The summed E-state index contributed by atoms with van der Waals surface area (Å²) in [5.74, 6) is -1.17. The molecule has 7 heteroatoms. The third-order valence-electron chi connectivity index (χ3n) is 5.99. The van der Waals surface area contributed by atoms with Crippen LogP contribution in [0.25, 0.3) is 10.9 Å². The van der Waals surface area contributed by atoms with E-state index in [-0.39, 0.29) is 28.6 Å². The van der Waals surface area contributed by atoms with Crippen molar-refractivity contribution in [1.29, 1.82) is 0 Å². The number of H-pyrrole nitrogens is 1. The molecule has 1 saturated carbocycles. The largest absolute Gasteiger partial charge is 0.477 e. The zero-order valence-corrected chi connectivity index (χ0v) is 14.8. The first-order valence-corrected chi connectivity index (χ1v) is 8.69. The Kier molecular flexibility index (Phi) is 2.87. The van der Waals surface area contributed by atoms with Gasteiger partial charge >= 0.3 is 5.97 Å². The Morgan fingerprint density at radius 1 is 1.26 bits per heavy atom. The number of fused-ring (bicyclic) bond motifs is 3. The number of aromatic amines is 1. The van der Waals surface area contributed by atoms with E-state index in [4.69, 9.17) is 0 Å². The van der Waals surface area contributed by atoms with Crippen molar-refractivity contribution in [1.82, 2.24) is 9.55 Å². The van der Waals surface area contributed by atoms with Crippen LogP contribution in [0.5, 0.6) is 0 Å².